The number of rotatable bonds is 8. The summed E-state index contributed by atoms with van der Waals surface area (Å²) in [5.74, 6) is 0. The molecule has 4 aromatic rings. The molecule has 0 aliphatic carbocycles. The van der Waals surface area contributed by atoms with Gasteiger partial charge in [0.1, 0.15) is 5.52 Å². The van der Waals surface area contributed by atoms with Crippen LogP contribution >= 0.6 is 12.4 Å². The molecule has 4 rings (SSSR count). The van der Waals surface area contributed by atoms with Crippen LogP contribution in [-0.4, -0.2) is 37.5 Å². The SMILES string of the molecule is CC(CNCCc1ccc2ocnc2c1)NS(=O)(=O)c1ccc2cnccc2c1.Cl. The number of nitrogens with one attached hydrogen (secondary N) is 2. The van der Waals surface area contributed by atoms with Crippen molar-refractivity contribution in [2.45, 2.75) is 24.3 Å². The molecule has 2 heterocycles. The van der Waals surface area contributed by atoms with E-state index in [1.807, 2.05) is 25.1 Å². The largest absolute Gasteiger partial charge is 0.443 e. The molecule has 0 amide bonds. The molecule has 0 aliphatic heterocycles. The van der Waals surface area contributed by atoms with Crippen LogP contribution in [0, 0.1) is 0 Å². The lowest BCUT2D eigenvalue weighted by atomic mass is 10.1. The summed E-state index contributed by atoms with van der Waals surface area (Å²) < 4.78 is 33.3. The molecular weight excluding hydrogens is 424 g/mol. The Kier molecular flexibility index (Phi) is 7.04. The summed E-state index contributed by atoms with van der Waals surface area (Å²) in [6.07, 6.45) is 5.62. The predicted octanol–water partition coefficient (Wildman–Crippen LogP) is 3.30. The van der Waals surface area contributed by atoms with Crippen molar-refractivity contribution in [1.29, 1.82) is 0 Å². The van der Waals surface area contributed by atoms with Gasteiger partial charge in [0.25, 0.3) is 0 Å². The fourth-order valence-electron chi connectivity index (χ4n) is 3.21. The van der Waals surface area contributed by atoms with E-state index < -0.39 is 10.0 Å². The second kappa shape index (κ2) is 9.53. The Balaban J connectivity index is 0.00000256. The van der Waals surface area contributed by atoms with Gasteiger partial charge in [0.05, 0.1) is 4.90 Å². The number of hydrogen-bond donors (Lipinski definition) is 2. The summed E-state index contributed by atoms with van der Waals surface area (Å²) in [5.41, 5.74) is 2.77. The number of sulfonamides is 1. The summed E-state index contributed by atoms with van der Waals surface area (Å²) in [6, 6.07) is 12.5. The van der Waals surface area contributed by atoms with Gasteiger partial charge >= 0.3 is 0 Å². The molecule has 9 heteroatoms. The number of pyridine rings is 1. The quantitative estimate of drug-likeness (QED) is 0.403. The lowest BCUT2D eigenvalue weighted by Crippen LogP contribution is -2.40. The standard InChI is InChI=1S/C21H22N4O3S.ClH/c1-15(12-22-8-6-16-2-5-21-20(10-16)24-14-28-21)25-29(26,27)19-4-3-18-13-23-9-7-17(18)11-19;/h2-5,7,9-11,13-15,22,25H,6,8,12H2,1H3;1H. The van der Waals surface area contributed by atoms with Gasteiger partial charge < -0.3 is 9.73 Å². The predicted molar refractivity (Wildman–Crippen MR) is 119 cm³/mol. The number of benzene rings is 2. The average molecular weight is 447 g/mol. The highest BCUT2D eigenvalue weighted by molar-refractivity contribution is 7.89. The molecule has 2 aromatic carbocycles. The van der Waals surface area contributed by atoms with Crippen molar-refractivity contribution in [3.63, 3.8) is 0 Å². The number of nitrogens with zero attached hydrogens (tertiary/aromatic N) is 2. The van der Waals surface area contributed by atoms with Crippen LogP contribution in [0.4, 0.5) is 0 Å². The molecule has 0 saturated heterocycles. The normalized spacial score (nSPS) is 12.7. The lowest BCUT2D eigenvalue weighted by Gasteiger charge is -2.15. The highest BCUT2D eigenvalue weighted by Gasteiger charge is 2.17. The van der Waals surface area contributed by atoms with Crippen LogP contribution in [0.2, 0.25) is 0 Å². The van der Waals surface area contributed by atoms with Crippen LogP contribution in [0.15, 0.2) is 70.6 Å². The zero-order chi connectivity index (χ0) is 20.3. The highest BCUT2D eigenvalue weighted by Crippen LogP contribution is 2.18. The summed E-state index contributed by atoms with van der Waals surface area (Å²) in [4.78, 5) is 8.46. The topological polar surface area (TPSA) is 97.1 Å². The Bertz CT molecular complexity index is 1240. The molecule has 158 valence electrons. The van der Waals surface area contributed by atoms with Crippen LogP contribution in [0.25, 0.3) is 21.9 Å². The van der Waals surface area contributed by atoms with E-state index in [1.165, 1.54) is 6.39 Å². The van der Waals surface area contributed by atoms with Gasteiger partial charge in [-0.25, -0.2) is 18.1 Å². The minimum atomic E-state index is -3.59. The first-order chi connectivity index (χ1) is 14.0. The van der Waals surface area contributed by atoms with Gasteiger partial charge in [-0.2, -0.15) is 0 Å². The minimum Gasteiger partial charge on any atom is -0.443 e. The Morgan fingerprint density at radius 2 is 1.97 bits per heavy atom. The average Bonchev–Trinajstić information content (AvgIpc) is 3.18. The Hall–Kier alpha value is -2.52. The first kappa shape index (κ1) is 22.2. The van der Waals surface area contributed by atoms with E-state index >= 15 is 0 Å². The van der Waals surface area contributed by atoms with Crippen molar-refractivity contribution < 1.29 is 12.8 Å². The zero-order valence-electron chi connectivity index (χ0n) is 16.4. The Morgan fingerprint density at radius 1 is 1.10 bits per heavy atom. The molecule has 0 aliphatic rings. The number of oxazole rings is 1. The number of hydrogen-bond acceptors (Lipinski definition) is 6. The van der Waals surface area contributed by atoms with Gasteiger partial charge in [0, 0.05) is 30.4 Å². The molecule has 2 aromatic heterocycles. The summed E-state index contributed by atoms with van der Waals surface area (Å²) in [7, 11) is -3.59. The minimum absolute atomic E-state index is 0. The van der Waals surface area contributed by atoms with Crippen molar-refractivity contribution in [2.24, 2.45) is 0 Å². The van der Waals surface area contributed by atoms with E-state index in [-0.39, 0.29) is 23.3 Å². The molecule has 0 saturated carbocycles. The second-order valence-electron chi connectivity index (χ2n) is 7.02. The van der Waals surface area contributed by atoms with E-state index in [0.29, 0.717) is 6.54 Å². The van der Waals surface area contributed by atoms with Gasteiger partial charge in [0.15, 0.2) is 12.0 Å². The molecule has 7 nitrogen and oxygen atoms in total. The number of aromatic nitrogens is 2. The lowest BCUT2D eigenvalue weighted by molar-refractivity contribution is 0.537. The molecule has 1 atom stereocenters. The van der Waals surface area contributed by atoms with Gasteiger partial charge in [-0.3, -0.25) is 4.98 Å². The van der Waals surface area contributed by atoms with Crippen LogP contribution in [-0.2, 0) is 16.4 Å². The molecule has 2 N–H and O–H groups in total. The van der Waals surface area contributed by atoms with Crippen LogP contribution < -0.4 is 10.0 Å². The number of halogens is 1. The molecular formula is C21H23ClN4O3S. The first-order valence-corrected chi connectivity index (χ1v) is 10.9. The second-order valence-corrected chi connectivity index (χ2v) is 8.73. The van der Waals surface area contributed by atoms with E-state index in [4.69, 9.17) is 4.42 Å². The van der Waals surface area contributed by atoms with Crippen molar-refractivity contribution >= 4 is 44.3 Å². The fourth-order valence-corrected chi connectivity index (χ4v) is 4.49. The summed E-state index contributed by atoms with van der Waals surface area (Å²) in [6.45, 7) is 3.11. The van der Waals surface area contributed by atoms with Crippen molar-refractivity contribution in [3.05, 3.63) is 66.8 Å². The van der Waals surface area contributed by atoms with Gasteiger partial charge in [-0.15, -0.1) is 12.4 Å². The maximum Gasteiger partial charge on any atom is 0.240 e. The third-order valence-electron chi connectivity index (χ3n) is 4.71. The van der Waals surface area contributed by atoms with Crippen molar-refractivity contribution in [2.75, 3.05) is 13.1 Å². The maximum atomic E-state index is 12.7. The first-order valence-electron chi connectivity index (χ1n) is 9.40. The van der Waals surface area contributed by atoms with E-state index in [2.05, 4.69) is 20.0 Å². The Labute approximate surface area is 181 Å². The molecule has 30 heavy (non-hydrogen) atoms. The van der Waals surface area contributed by atoms with Crippen LogP contribution in [0.1, 0.15) is 12.5 Å². The summed E-state index contributed by atoms with van der Waals surface area (Å²) >= 11 is 0. The van der Waals surface area contributed by atoms with Crippen LogP contribution in [0.3, 0.4) is 0 Å². The van der Waals surface area contributed by atoms with E-state index in [0.717, 1.165) is 40.4 Å². The van der Waals surface area contributed by atoms with E-state index in [1.54, 1.807) is 36.7 Å². The third kappa shape index (κ3) is 5.14. The van der Waals surface area contributed by atoms with Gasteiger partial charge in [-0.05, 0) is 61.2 Å². The molecule has 0 spiro atoms. The zero-order valence-corrected chi connectivity index (χ0v) is 18.0. The molecule has 1 unspecified atom stereocenters. The monoisotopic (exact) mass is 446 g/mol. The highest BCUT2D eigenvalue weighted by atomic mass is 35.5. The number of fused-ring (bicyclic) bond motifs is 2. The Morgan fingerprint density at radius 3 is 2.83 bits per heavy atom. The van der Waals surface area contributed by atoms with Gasteiger partial charge in [-0.1, -0.05) is 12.1 Å². The fraction of sp³-hybridized carbons (Fsp3) is 0.238. The third-order valence-corrected chi connectivity index (χ3v) is 6.30. The summed E-state index contributed by atoms with van der Waals surface area (Å²) in [5, 5.41) is 5.05. The van der Waals surface area contributed by atoms with Crippen molar-refractivity contribution in [3.8, 4) is 0 Å². The molecule has 0 bridgehead atoms. The smallest absolute Gasteiger partial charge is 0.240 e. The maximum absolute atomic E-state index is 12.7. The molecule has 0 radical (unpaired) electrons. The van der Waals surface area contributed by atoms with Crippen molar-refractivity contribution in [1.82, 2.24) is 20.0 Å². The van der Waals surface area contributed by atoms with Crippen LogP contribution in [0.5, 0.6) is 0 Å². The van der Waals surface area contributed by atoms with Gasteiger partial charge in [0.2, 0.25) is 10.0 Å². The van der Waals surface area contributed by atoms with E-state index in [9.17, 15) is 8.42 Å². The molecule has 0 fully saturated rings.